The number of thiazole rings is 1. The molecule has 0 saturated heterocycles. The fourth-order valence-corrected chi connectivity index (χ4v) is 2.59. The maximum absolute atomic E-state index is 11.2. The van der Waals surface area contributed by atoms with E-state index in [0.717, 1.165) is 11.3 Å². The Morgan fingerprint density at radius 1 is 1.48 bits per heavy atom. The lowest BCUT2D eigenvalue weighted by Gasteiger charge is -2.15. The molecule has 0 unspecified atom stereocenters. The summed E-state index contributed by atoms with van der Waals surface area (Å²) in [6.45, 7) is 3.91. The Labute approximate surface area is 127 Å². The minimum absolute atomic E-state index is 0.563. The van der Waals surface area contributed by atoms with Gasteiger partial charge in [-0.2, -0.15) is 0 Å². The molecule has 2 rings (SSSR count). The van der Waals surface area contributed by atoms with Crippen molar-refractivity contribution in [3.63, 3.8) is 0 Å². The number of carboxylic acids is 1. The van der Waals surface area contributed by atoms with Crippen LogP contribution < -0.4 is 10.1 Å². The third-order valence-electron chi connectivity index (χ3n) is 3.26. The van der Waals surface area contributed by atoms with Gasteiger partial charge in [0.25, 0.3) is 0 Å². The molecule has 2 aromatic rings. The highest BCUT2D eigenvalue weighted by molar-refractivity contribution is 7.13. The van der Waals surface area contributed by atoms with Gasteiger partial charge in [-0.25, -0.2) is 4.98 Å². The molecular formula is C15H18N2O3S. The maximum Gasteiger partial charge on any atom is 0.315 e. The number of ether oxygens (including phenoxy) is 1. The molecule has 0 aliphatic carbocycles. The van der Waals surface area contributed by atoms with Crippen molar-refractivity contribution in [2.24, 2.45) is 0 Å². The molecule has 0 atom stereocenters. The number of aliphatic carboxylic acids is 1. The van der Waals surface area contributed by atoms with E-state index in [0.29, 0.717) is 17.4 Å². The van der Waals surface area contributed by atoms with Gasteiger partial charge in [0, 0.05) is 11.9 Å². The molecule has 0 aliphatic rings. The number of carbonyl (C=O) groups is 1. The number of aromatic nitrogens is 1. The molecule has 112 valence electrons. The highest BCUT2D eigenvalue weighted by Gasteiger charge is 2.32. The predicted octanol–water partition coefficient (Wildman–Crippen LogP) is 3.13. The second-order valence-corrected chi connectivity index (χ2v) is 6.03. The number of carboxylic acid groups (broad SMARTS) is 1. The molecule has 0 fully saturated rings. The molecule has 0 spiro atoms. The molecule has 0 amide bonds. The zero-order chi connectivity index (χ0) is 15.5. The predicted molar refractivity (Wildman–Crippen MR) is 83.1 cm³/mol. The smallest absolute Gasteiger partial charge is 0.315 e. The second kappa shape index (κ2) is 6.13. The van der Waals surface area contributed by atoms with Crippen LogP contribution >= 0.6 is 11.3 Å². The highest BCUT2D eigenvalue weighted by atomic mass is 32.1. The molecule has 21 heavy (non-hydrogen) atoms. The van der Waals surface area contributed by atoms with Crippen LogP contribution in [0.5, 0.6) is 5.75 Å². The summed E-state index contributed by atoms with van der Waals surface area (Å²) >= 11 is 1.41. The lowest BCUT2D eigenvalue weighted by atomic mass is 9.90. The SMILES string of the molecule is COc1cccc(CNc2nc(C(C)(C)C(=O)O)cs2)c1. The summed E-state index contributed by atoms with van der Waals surface area (Å²) in [6.07, 6.45) is 0. The number of nitrogens with zero attached hydrogens (tertiary/aromatic N) is 1. The molecule has 0 aliphatic heterocycles. The molecule has 1 aromatic carbocycles. The van der Waals surface area contributed by atoms with E-state index in [4.69, 9.17) is 4.74 Å². The van der Waals surface area contributed by atoms with Gasteiger partial charge in [-0.3, -0.25) is 4.79 Å². The van der Waals surface area contributed by atoms with Crippen molar-refractivity contribution in [1.82, 2.24) is 4.98 Å². The molecule has 0 radical (unpaired) electrons. The van der Waals surface area contributed by atoms with Crippen molar-refractivity contribution in [2.45, 2.75) is 25.8 Å². The standard InChI is InChI=1S/C15H18N2O3S/c1-15(2,13(18)19)12-9-21-14(17-12)16-8-10-5-4-6-11(7-10)20-3/h4-7,9H,8H2,1-3H3,(H,16,17)(H,18,19). The minimum atomic E-state index is -0.980. The van der Waals surface area contributed by atoms with Crippen LogP contribution in [0.4, 0.5) is 5.13 Å². The number of nitrogens with one attached hydrogen (secondary N) is 1. The van der Waals surface area contributed by atoms with Gasteiger partial charge in [0.05, 0.1) is 12.8 Å². The number of rotatable bonds is 6. The lowest BCUT2D eigenvalue weighted by Crippen LogP contribution is -2.28. The van der Waals surface area contributed by atoms with Crippen LogP contribution in [0.3, 0.4) is 0 Å². The normalized spacial score (nSPS) is 11.2. The lowest BCUT2D eigenvalue weighted by molar-refractivity contribution is -0.142. The van der Waals surface area contributed by atoms with E-state index in [2.05, 4.69) is 10.3 Å². The first kappa shape index (κ1) is 15.3. The Morgan fingerprint density at radius 2 is 2.24 bits per heavy atom. The van der Waals surface area contributed by atoms with E-state index < -0.39 is 11.4 Å². The Bertz CT molecular complexity index is 637. The van der Waals surface area contributed by atoms with E-state index in [-0.39, 0.29) is 0 Å². The number of anilines is 1. The summed E-state index contributed by atoms with van der Waals surface area (Å²) in [7, 11) is 1.63. The molecule has 1 aromatic heterocycles. The van der Waals surface area contributed by atoms with E-state index in [1.165, 1.54) is 11.3 Å². The first-order valence-corrected chi connectivity index (χ1v) is 7.37. The van der Waals surface area contributed by atoms with Crippen LogP contribution in [0.2, 0.25) is 0 Å². The van der Waals surface area contributed by atoms with Crippen LogP contribution in [0.25, 0.3) is 0 Å². The fourth-order valence-electron chi connectivity index (χ4n) is 1.71. The Hall–Kier alpha value is -2.08. The van der Waals surface area contributed by atoms with E-state index in [9.17, 15) is 9.90 Å². The van der Waals surface area contributed by atoms with Gasteiger partial charge >= 0.3 is 5.97 Å². The van der Waals surface area contributed by atoms with Crippen LogP contribution in [-0.4, -0.2) is 23.2 Å². The first-order chi connectivity index (χ1) is 9.93. The van der Waals surface area contributed by atoms with Gasteiger partial charge < -0.3 is 15.2 Å². The second-order valence-electron chi connectivity index (χ2n) is 5.17. The number of benzene rings is 1. The van der Waals surface area contributed by atoms with Crippen molar-refractivity contribution in [3.05, 3.63) is 40.9 Å². The van der Waals surface area contributed by atoms with E-state index in [1.807, 2.05) is 24.3 Å². The highest BCUT2D eigenvalue weighted by Crippen LogP contribution is 2.27. The number of hydrogen-bond acceptors (Lipinski definition) is 5. The average Bonchev–Trinajstić information content (AvgIpc) is 2.94. The molecule has 1 heterocycles. The number of hydrogen-bond donors (Lipinski definition) is 2. The Morgan fingerprint density at radius 3 is 2.90 bits per heavy atom. The average molecular weight is 306 g/mol. The largest absolute Gasteiger partial charge is 0.497 e. The molecule has 5 nitrogen and oxygen atoms in total. The molecule has 0 bridgehead atoms. The third kappa shape index (κ3) is 3.52. The quantitative estimate of drug-likeness (QED) is 0.858. The third-order valence-corrected chi connectivity index (χ3v) is 4.06. The summed E-state index contributed by atoms with van der Waals surface area (Å²) in [6, 6.07) is 7.75. The van der Waals surface area contributed by atoms with Crippen molar-refractivity contribution < 1.29 is 14.6 Å². The van der Waals surface area contributed by atoms with Crippen molar-refractivity contribution in [1.29, 1.82) is 0 Å². The van der Waals surface area contributed by atoms with Crippen LogP contribution in [-0.2, 0) is 16.8 Å². The summed E-state index contributed by atoms with van der Waals surface area (Å²) in [5.74, 6) is -0.0757. The van der Waals surface area contributed by atoms with Gasteiger partial charge in [-0.15, -0.1) is 11.3 Å². The topological polar surface area (TPSA) is 71.5 Å². The maximum atomic E-state index is 11.2. The van der Waals surface area contributed by atoms with Gasteiger partial charge in [-0.1, -0.05) is 12.1 Å². The zero-order valence-corrected chi connectivity index (χ0v) is 13.0. The van der Waals surface area contributed by atoms with Gasteiger partial charge in [-0.05, 0) is 31.5 Å². The van der Waals surface area contributed by atoms with E-state index in [1.54, 1.807) is 26.3 Å². The van der Waals surface area contributed by atoms with Crippen LogP contribution in [0.1, 0.15) is 25.1 Å². The molecular weight excluding hydrogens is 288 g/mol. The molecule has 0 saturated carbocycles. The van der Waals surface area contributed by atoms with E-state index >= 15 is 0 Å². The van der Waals surface area contributed by atoms with Crippen molar-refractivity contribution >= 4 is 22.4 Å². The van der Waals surface area contributed by atoms with Gasteiger partial charge in [0.2, 0.25) is 0 Å². The zero-order valence-electron chi connectivity index (χ0n) is 12.2. The fraction of sp³-hybridized carbons (Fsp3) is 0.333. The Balaban J connectivity index is 2.04. The molecule has 6 heteroatoms. The number of methoxy groups -OCH3 is 1. The van der Waals surface area contributed by atoms with Crippen LogP contribution in [0.15, 0.2) is 29.6 Å². The summed E-state index contributed by atoms with van der Waals surface area (Å²) in [5.41, 5.74) is 0.656. The van der Waals surface area contributed by atoms with Gasteiger partial charge in [0.1, 0.15) is 11.2 Å². The van der Waals surface area contributed by atoms with Gasteiger partial charge in [0.15, 0.2) is 5.13 Å². The molecule has 2 N–H and O–H groups in total. The van der Waals surface area contributed by atoms with Crippen molar-refractivity contribution in [3.8, 4) is 5.75 Å². The first-order valence-electron chi connectivity index (χ1n) is 6.49. The summed E-state index contributed by atoms with van der Waals surface area (Å²) in [5, 5.41) is 14.9. The van der Waals surface area contributed by atoms with Crippen molar-refractivity contribution in [2.75, 3.05) is 12.4 Å². The summed E-state index contributed by atoms with van der Waals surface area (Å²) in [4.78, 5) is 15.6. The van der Waals surface area contributed by atoms with Crippen LogP contribution in [0, 0.1) is 0 Å². The minimum Gasteiger partial charge on any atom is -0.497 e. The Kier molecular flexibility index (Phi) is 4.47. The summed E-state index contributed by atoms with van der Waals surface area (Å²) < 4.78 is 5.18. The monoisotopic (exact) mass is 306 g/mol.